The molecule has 0 fully saturated rings. The smallest absolute Gasteiger partial charge is 0.0942 e. The summed E-state index contributed by atoms with van der Waals surface area (Å²) in [5, 5.41) is 22.1. The maximum absolute atomic E-state index is 9.26. The summed E-state index contributed by atoms with van der Waals surface area (Å²) in [7, 11) is 0. The molecule has 4 heteroatoms. The number of fused-ring (bicyclic) bond motifs is 1. The van der Waals surface area contributed by atoms with Crippen molar-refractivity contribution < 1.29 is 10.2 Å². The van der Waals surface area contributed by atoms with Crippen LogP contribution in [0.1, 0.15) is 0 Å². The molecule has 16 heavy (non-hydrogen) atoms. The zero-order valence-corrected chi connectivity index (χ0v) is 8.80. The first-order chi connectivity index (χ1) is 7.81. The highest BCUT2D eigenvalue weighted by molar-refractivity contribution is 5.91. The summed E-state index contributed by atoms with van der Waals surface area (Å²) in [6.07, 6.45) is 1.00. The van der Waals surface area contributed by atoms with Crippen LogP contribution in [-0.2, 0) is 0 Å². The highest BCUT2D eigenvalue weighted by atomic mass is 16.3. The third-order valence-electron chi connectivity index (χ3n) is 2.38. The molecule has 1 unspecified atom stereocenters. The average molecular weight is 218 g/mol. The van der Waals surface area contributed by atoms with E-state index in [4.69, 9.17) is 5.11 Å². The van der Waals surface area contributed by atoms with E-state index >= 15 is 0 Å². The van der Waals surface area contributed by atoms with E-state index in [1.165, 1.54) is 0 Å². The number of nitrogens with one attached hydrogen (secondary N) is 1. The number of pyridine rings is 1. The Labute approximate surface area is 93.6 Å². The van der Waals surface area contributed by atoms with Gasteiger partial charge in [0.25, 0.3) is 0 Å². The molecule has 4 nitrogen and oxygen atoms in total. The molecule has 3 N–H and O–H groups in total. The third kappa shape index (κ3) is 2.29. The molecule has 0 saturated heterocycles. The van der Waals surface area contributed by atoms with Gasteiger partial charge in [0.05, 0.1) is 18.2 Å². The van der Waals surface area contributed by atoms with Crippen LogP contribution in [0.25, 0.3) is 10.9 Å². The molecule has 1 atom stereocenters. The lowest BCUT2D eigenvalue weighted by atomic mass is 10.2. The van der Waals surface area contributed by atoms with E-state index in [0.717, 1.165) is 16.6 Å². The number of aliphatic hydroxyl groups is 2. The van der Waals surface area contributed by atoms with Crippen molar-refractivity contribution in [3.63, 3.8) is 0 Å². The molecule has 0 bridgehead atoms. The van der Waals surface area contributed by atoms with Crippen molar-refractivity contribution >= 4 is 16.6 Å². The van der Waals surface area contributed by atoms with Crippen LogP contribution in [-0.4, -0.2) is 34.5 Å². The highest BCUT2D eigenvalue weighted by Crippen LogP contribution is 2.20. The van der Waals surface area contributed by atoms with Crippen LogP contribution in [0, 0.1) is 0 Å². The van der Waals surface area contributed by atoms with Crippen molar-refractivity contribution in [2.45, 2.75) is 6.10 Å². The van der Waals surface area contributed by atoms with Crippen LogP contribution in [0.3, 0.4) is 0 Å². The molecule has 1 aromatic carbocycles. The Morgan fingerprint density at radius 3 is 2.94 bits per heavy atom. The fraction of sp³-hybridized carbons (Fsp3) is 0.250. The predicted octanol–water partition coefficient (Wildman–Crippen LogP) is 1.000. The highest BCUT2D eigenvalue weighted by Gasteiger charge is 2.04. The SMILES string of the molecule is OCC(O)CNc1cccc2ncccc12. The number of rotatable bonds is 4. The Bertz CT molecular complexity index is 468. The van der Waals surface area contributed by atoms with Gasteiger partial charge < -0.3 is 15.5 Å². The van der Waals surface area contributed by atoms with Crippen molar-refractivity contribution in [1.29, 1.82) is 0 Å². The first kappa shape index (κ1) is 10.9. The van der Waals surface area contributed by atoms with Gasteiger partial charge in [-0.3, -0.25) is 4.98 Å². The van der Waals surface area contributed by atoms with Gasteiger partial charge in [-0.25, -0.2) is 0 Å². The number of benzene rings is 1. The van der Waals surface area contributed by atoms with E-state index in [-0.39, 0.29) is 6.61 Å². The second kappa shape index (κ2) is 4.92. The lowest BCUT2D eigenvalue weighted by Gasteiger charge is -2.11. The second-order valence-corrected chi connectivity index (χ2v) is 3.59. The molecular formula is C12H14N2O2. The Kier molecular flexibility index (Phi) is 3.34. The zero-order valence-electron chi connectivity index (χ0n) is 8.80. The van der Waals surface area contributed by atoms with Gasteiger partial charge in [0.15, 0.2) is 0 Å². The summed E-state index contributed by atoms with van der Waals surface area (Å²) in [5.74, 6) is 0. The normalized spacial score (nSPS) is 12.6. The van der Waals surface area contributed by atoms with Crippen LogP contribution in [0.2, 0.25) is 0 Å². The molecule has 84 valence electrons. The van der Waals surface area contributed by atoms with Gasteiger partial charge >= 0.3 is 0 Å². The number of nitrogens with zero attached hydrogens (tertiary/aromatic N) is 1. The summed E-state index contributed by atoms with van der Waals surface area (Å²) < 4.78 is 0. The lowest BCUT2D eigenvalue weighted by Crippen LogP contribution is -2.22. The minimum atomic E-state index is -0.744. The zero-order chi connectivity index (χ0) is 11.4. The van der Waals surface area contributed by atoms with Crippen molar-refractivity contribution in [2.75, 3.05) is 18.5 Å². The number of anilines is 1. The molecule has 0 amide bonds. The van der Waals surface area contributed by atoms with Crippen molar-refractivity contribution in [3.8, 4) is 0 Å². The van der Waals surface area contributed by atoms with Gasteiger partial charge in [0.1, 0.15) is 0 Å². The van der Waals surface area contributed by atoms with E-state index in [9.17, 15) is 5.11 Å². The third-order valence-corrected chi connectivity index (χ3v) is 2.38. The summed E-state index contributed by atoms with van der Waals surface area (Å²) >= 11 is 0. The Morgan fingerprint density at radius 2 is 2.12 bits per heavy atom. The maximum atomic E-state index is 9.26. The topological polar surface area (TPSA) is 65.4 Å². The van der Waals surface area contributed by atoms with Gasteiger partial charge in [-0.2, -0.15) is 0 Å². The summed E-state index contributed by atoms with van der Waals surface area (Å²) in [6, 6.07) is 9.60. The molecule has 1 heterocycles. The Hall–Kier alpha value is -1.65. The minimum Gasteiger partial charge on any atom is -0.394 e. The maximum Gasteiger partial charge on any atom is 0.0942 e. The monoisotopic (exact) mass is 218 g/mol. The van der Waals surface area contributed by atoms with E-state index in [0.29, 0.717) is 6.54 Å². The van der Waals surface area contributed by atoms with Gasteiger partial charge in [0, 0.05) is 23.8 Å². The molecular weight excluding hydrogens is 204 g/mol. The van der Waals surface area contributed by atoms with Crippen LogP contribution in [0.15, 0.2) is 36.5 Å². The number of aromatic nitrogens is 1. The molecule has 0 aliphatic carbocycles. The Balaban J connectivity index is 2.23. The van der Waals surface area contributed by atoms with Gasteiger partial charge in [-0.1, -0.05) is 6.07 Å². The van der Waals surface area contributed by atoms with Crippen LogP contribution >= 0.6 is 0 Å². The largest absolute Gasteiger partial charge is 0.394 e. The lowest BCUT2D eigenvalue weighted by molar-refractivity contribution is 0.105. The standard InChI is InChI=1S/C12H14N2O2/c15-8-9(16)7-14-12-5-1-4-11-10(12)3-2-6-13-11/h1-6,9,14-16H,7-8H2. The van der Waals surface area contributed by atoms with E-state index < -0.39 is 6.10 Å². The van der Waals surface area contributed by atoms with E-state index in [1.807, 2.05) is 30.3 Å². The number of aliphatic hydroxyl groups excluding tert-OH is 2. The van der Waals surface area contributed by atoms with Crippen molar-refractivity contribution in [3.05, 3.63) is 36.5 Å². The quantitative estimate of drug-likeness (QED) is 0.716. The molecule has 2 aromatic rings. The van der Waals surface area contributed by atoms with Crippen LogP contribution < -0.4 is 5.32 Å². The molecule has 0 aliphatic heterocycles. The molecule has 2 rings (SSSR count). The molecule has 0 aliphatic rings. The van der Waals surface area contributed by atoms with E-state index in [2.05, 4.69) is 10.3 Å². The summed E-state index contributed by atoms with van der Waals surface area (Å²) in [4.78, 5) is 4.24. The summed E-state index contributed by atoms with van der Waals surface area (Å²) in [6.45, 7) is 0.0839. The van der Waals surface area contributed by atoms with Crippen LogP contribution in [0.4, 0.5) is 5.69 Å². The van der Waals surface area contributed by atoms with Crippen molar-refractivity contribution in [1.82, 2.24) is 4.98 Å². The fourth-order valence-electron chi connectivity index (χ4n) is 1.55. The van der Waals surface area contributed by atoms with Gasteiger partial charge in [-0.05, 0) is 24.3 Å². The average Bonchev–Trinajstić information content (AvgIpc) is 2.35. The van der Waals surface area contributed by atoms with E-state index in [1.54, 1.807) is 6.20 Å². The second-order valence-electron chi connectivity index (χ2n) is 3.59. The molecule has 1 aromatic heterocycles. The molecule has 0 spiro atoms. The first-order valence-corrected chi connectivity index (χ1v) is 5.18. The summed E-state index contributed by atoms with van der Waals surface area (Å²) in [5.41, 5.74) is 1.82. The first-order valence-electron chi connectivity index (χ1n) is 5.18. The van der Waals surface area contributed by atoms with Gasteiger partial charge in [0.2, 0.25) is 0 Å². The van der Waals surface area contributed by atoms with Gasteiger partial charge in [-0.15, -0.1) is 0 Å². The molecule has 0 radical (unpaired) electrons. The minimum absolute atomic E-state index is 0.240. The fourth-order valence-corrected chi connectivity index (χ4v) is 1.55. The van der Waals surface area contributed by atoms with Crippen molar-refractivity contribution in [2.24, 2.45) is 0 Å². The van der Waals surface area contributed by atoms with Crippen LogP contribution in [0.5, 0.6) is 0 Å². The number of hydrogen-bond acceptors (Lipinski definition) is 4. The number of hydrogen-bond donors (Lipinski definition) is 3. The molecule has 0 saturated carbocycles. The Morgan fingerprint density at radius 1 is 1.25 bits per heavy atom. The predicted molar refractivity (Wildman–Crippen MR) is 63.3 cm³/mol.